The number of nitrogens with one attached hydrogen (secondary N) is 1. The van der Waals surface area contributed by atoms with E-state index in [1.807, 2.05) is 37.3 Å². The van der Waals surface area contributed by atoms with E-state index >= 15 is 0 Å². The van der Waals surface area contributed by atoms with E-state index in [9.17, 15) is 18.0 Å². The summed E-state index contributed by atoms with van der Waals surface area (Å²) in [4.78, 5) is 24.4. The molecule has 0 aliphatic heterocycles. The van der Waals surface area contributed by atoms with Gasteiger partial charge in [-0.05, 0) is 42.3 Å². The largest absolute Gasteiger partial charge is 0.468 e. The lowest BCUT2D eigenvalue weighted by molar-refractivity contribution is -0.142. The van der Waals surface area contributed by atoms with Crippen LogP contribution in [-0.4, -0.2) is 34.1 Å². The van der Waals surface area contributed by atoms with E-state index in [0.717, 1.165) is 11.1 Å². The van der Waals surface area contributed by atoms with Crippen molar-refractivity contribution >= 4 is 22.2 Å². The summed E-state index contributed by atoms with van der Waals surface area (Å²) in [6.07, 6.45) is -0.679. The number of benzene rings is 3. The molecule has 0 fully saturated rings. The first-order valence-electron chi connectivity index (χ1n) is 10.4. The third kappa shape index (κ3) is 6.82. The Morgan fingerprint density at radius 2 is 1.56 bits per heavy atom. The fraction of sp³-hybridized carbons (Fsp3) is 0.200. The Labute approximate surface area is 198 Å². The van der Waals surface area contributed by atoms with Gasteiger partial charge in [-0.15, -0.1) is 0 Å². The van der Waals surface area contributed by atoms with Gasteiger partial charge in [0.25, 0.3) is 0 Å². The summed E-state index contributed by atoms with van der Waals surface area (Å²) in [5.41, 5.74) is 2.27. The van der Waals surface area contributed by atoms with Gasteiger partial charge in [0.15, 0.2) is 0 Å². The van der Waals surface area contributed by atoms with Crippen molar-refractivity contribution in [2.45, 2.75) is 24.3 Å². The van der Waals surface area contributed by atoms with Crippen molar-refractivity contribution in [1.29, 1.82) is 0 Å². The van der Waals surface area contributed by atoms with Crippen LogP contribution in [0.25, 0.3) is 0 Å². The number of amides is 1. The molecule has 0 bridgehead atoms. The molecule has 1 unspecified atom stereocenters. The molecule has 0 radical (unpaired) electrons. The van der Waals surface area contributed by atoms with Crippen LogP contribution in [0.4, 0.5) is 4.79 Å². The predicted octanol–water partition coefficient (Wildman–Crippen LogP) is 3.95. The lowest BCUT2D eigenvalue weighted by Gasteiger charge is -2.16. The Hall–Kier alpha value is -3.85. The van der Waals surface area contributed by atoms with Crippen LogP contribution in [0.1, 0.15) is 22.6 Å². The van der Waals surface area contributed by atoms with E-state index < -0.39 is 28.1 Å². The van der Waals surface area contributed by atoms with Crippen molar-refractivity contribution in [1.82, 2.24) is 5.32 Å². The zero-order chi connectivity index (χ0) is 24.6. The number of hydrogen-bond acceptors (Lipinski definition) is 7. The zero-order valence-electron chi connectivity index (χ0n) is 18.8. The highest BCUT2D eigenvalue weighted by molar-refractivity contribution is 7.87. The minimum Gasteiger partial charge on any atom is -0.468 e. The first-order chi connectivity index (χ1) is 16.3. The average Bonchev–Trinajstić information content (AvgIpc) is 2.84. The van der Waals surface area contributed by atoms with Crippen LogP contribution in [0, 0.1) is 6.92 Å². The van der Waals surface area contributed by atoms with E-state index in [0.29, 0.717) is 5.56 Å². The van der Waals surface area contributed by atoms with Crippen molar-refractivity contribution in [3.8, 4) is 5.75 Å². The Balaban J connectivity index is 1.63. The van der Waals surface area contributed by atoms with Crippen LogP contribution in [-0.2, 0) is 31.0 Å². The highest BCUT2D eigenvalue weighted by Crippen LogP contribution is 2.23. The third-order valence-electron chi connectivity index (χ3n) is 4.95. The quantitative estimate of drug-likeness (QED) is 0.363. The molecule has 178 valence electrons. The molecule has 0 spiro atoms. The molecule has 34 heavy (non-hydrogen) atoms. The van der Waals surface area contributed by atoms with E-state index in [-0.39, 0.29) is 23.8 Å². The summed E-state index contributed by atoms with van der Waals surface area (Å²) in [6.45, 7) is 1.88. The Morgan fingerprint density at radius 1 is 0.912 bits per heavy atom. The predicted molar refractivity (Wildman–Crippen MR) is 125 cm³/mol. The molecule has 8 nitrogen and oxygen atoms in total. The number of methoxy groups -OCH3 is 1. The topological polar surface area (TPSA) is 108 Å². The Bertz CT molecular complexity index is 1210. The summed E-state index contributed by atoms with van der Waals surface area (Å²) < 4.78 is 40.1. The molecule has 3 aromatic rings. The standard InChI is InChI=1S/C25H25NO7S/c1-18-8-14-22(15-9-18)34(29,30)33-21-12-10-20(11-13-21)23(24(27)31-2)16-26-25(28)32-17-19-6-4-3-5-7-19/h3-15,23H,16-17H2,1-2H3,(H,26,28). The summed E-state index contributed by atoms with van der Waals surface area (Å²) in [5, 5.41) is 2.56. The fourth-order valence-electron chi connectivity index (χ4n) is 3.07. The van der Waals surface area contributed by atoms with Crippen LogP contribution >= 0.6 is 0 Å². The molecule has 0 aliphatic rings. The van der Waals surface area contributed by atoms with E-state index in [4.69, 9.17) is 13.7 Å². The smallest absolute Gasteiger partial charge is 0.407 e. The number of carbonyl (C=O) groups excluding carboxylic acids is 2. The molecule has 0 saturated carbocycles. The Kier molecular flexibility index (Phi) is 8.26. The van der Waals surface area contributed by atoms with Crippen LogP contribution in [0.2, 0.25) is 0 Å². The maximum Gasteiger partial charge on any atom is 0.407 e. The van der Waals surface area contributed by atoms with Gasteiger partial charge in [0, 0.05) is 6.54 Å². The molecule has 9 heteroatoms. The Morgan fingerprint density at radius 3 is 2.18 bits per heavy atom. The maximum absolute atomic E-state index is 12.5. The van der Waals surface area contributed by atoms with Crippen molar-refractivity contribution in [3.63, 3.8) is 0 Å². The second-order valence-corrected chi connectivity index (χ2v) is 8.98. The molecule has 1 N–H and O–H groups in total. The van der Waals surface area contributed by atoms with Crippen LogP contribution < -0.4 is 9.50 Å². The van der Waals surface area contributed by atoms with Gasteiger partial charge in [0.2, 0.25) is 0 Å². The van der Waals surface area contributed by atoms with Gasteiger partial charge in [-0.1, -0.05) is 60.2 Å². The van der Waals surface area contributed by atoms with E-state index in [2.05, 4.69) is 5.32 Å². The van der Waals surface area contributed by atoms with Crippen molar-refractivity contribution in [2.75, 3.05) is 13.7 Å². The highest BCUT2D eigenvalue weighted by Gasteiger charge is 2.23. The number of esters is 1. The number of rotatable bonds is 9. The van der Waals surface area contributed by atoms with Crippen LogP contribution in [0.3, 0.4) is 0 Å². The van der Waals surface area contributed by atoms with Gasteiger partial charge in [-0.25, -0.2) is 4.79 Å². The van der Waals surface area contributed by atoms with Crippen LogP contribution in [0.5, 0.6) is 5.75 Å². The lowest BCUT2D eigenvalue weighted by atomic mass is 9.99. The highest BCUT2D eigenvalue weighted by atomic mass is 32.2. The zero-order valence-corrected chi connectivity index (χ0v) is 19.6. The monoisotopic (exact) mass is 483 g/mol. The molecule has 1 atom stereocenters. The number of alkyl carbamates (subject to hydrolysis) is 1. The van der Waals surface area contributed by atoms with Crippen molar-refractivity contribution < 1.29 is 31.7 Å². The molecule has 1 amide bonds. The van der Waals surface area contributed by atoms with Crippen molar-refractivity contribution in [2.24, 2.45) is 0 Å². The number of aryl methyl sites for hydroxylation is 1. The summed E-state index contributed by atoms with van der Waals surface area (Å²) in [5.74, 6) is -1.30. The van der Waals surface area contributed by atoms with Gasteiger partial charge in [-0.3, -0.25) is 4.79 Å². The second-order valence-electron chi connectivity index (χ2n) is 7.44. The molecule has 3 aromatic carbocycles. The molecule has 0 aliphatic carbocycles. The maximum atomic E-state index is 12.5. The summed E-state index contributed by atoms with van der Waals surface area (Å²) in [6, 6.07) is 21.4. The first kappa shape index (κ1) is 24.8. The molecular formula is C25H25NO7S. The minimum atomic E-state index is -4.00. The van der Waals surface area contributed by atoms with Gasteiger partial charge < -0.3 is 19.0 Å². The number of carbonyl (C=O) groups is 2. The van der Waals surface area contributed by atoms with Gasteiger partial charge in [0.05, 0.1) is 13.0 Å². The van der Waals surface area contributed by atoms with Crippen molar-refractivity contribution in [3.05, 3.63) is 95.6 Å². The fourth-order valence-corrected chi connectivity index (χ4v) is 4.00. The second kappa shape index (κ2) is 11.3. The molecule has 3 rings (SSSR count). The van der Waals surface area contributed by atoms with E-state index in [1.165, 1.54) is 31.4 Å². The van der Waals surface area contributed by atoms with E-state index in [1.54, 1.807) is 24.3 Å². The number of ether oxygens (including phenoxy) is 2. The normalized spacial score (nSPS) is 11.8. The average molecular weight is 484 g/mol. The van der Waals surface area contributed by atoms with Gasteiger partial charge in [-0.2, -0.15) is 8.42 Å². The van der Waals surface area contributed by atoms with Gasteiger partial charge >= 0.3 is 22.2 Å². The SMILES string of the molecule is COC(=O)C(CNC(=O)OCc1ccccc1)c1ccc(OS(=O)(=O)c2ccc(C)cc2)cc1. The molecular weight excluding hydrogens is 458 g/mol. The molecule has 0 saturated heterocycles. The first-order valence-corrected chi connectivity index (χ1v) is 11.8. The minimum absolute atomic E-state index is 0.0350. The summed E-state index contributed by atoms with van der Waals surface area (Å²) in [7, 11) is -2.76. The molecule has 0 heterocycles. The molecule has 0 aromatic heterocycles. The van der Waals surface area contributed by atoms with Crippen LogP contribution in [0.15, 0.2) is 83.8 Å². The number of hydrogen-bond donors (Lipinski definition) is 1. The van der Waals surface area contributed by atoms with Gasteiger partial charge in [0.1, 0.15) is 17.3 Å². The summed E-state index contributed by atoms with van der Waals surface area (Å²) >= 11 is 0. The lowest BCUT2D eigenvalue weighted by Crippen LogP contribution is -2.32. The third-order valence-corrected chi connectivity index (χ3v) is 6.21.